The number of amides is 2. The van der Waals surface area contributed by atoms with Gasteiger partial charge in [-0.25, -0.2) is 26.4 Å². The summed E-state index contributed by atoms with van der Waals surface area (Å²) in [7, 11) is -9.04. The molecule has 0 aliphatic carbocycles. The van der Waals surface area contributed by atoms with Gasteiger partial charge in [0.05, 0.1) is 29.1 Å². The highest BCUT2D eigenvalue weighted by molar-refractivity contribution is 7.92. The van der Waals surface area contributed by atoms with Crippen molar-refractivity contribution in [3.8, 4) is 5.75 Å². The molecule has 236 valence electrons. The number of sulfonamides is 2. The van der Waals surface area contributed by atoms with Crippen LogP contribution in [-0.2, 0) is 35.8 Å². The number of carbonyl (C=O) groups excluding carboxylic acids is 2. The van der Waals surface area contributed by atoms with Crippen LogP contribution >= 0.6 is 0 Å². The highest BCUT2D eigenvalue weighted by Gasteiger charge is 2.38. The average Bonchev–Trinajstić information content (AvgIpc) is 2.91. The van der Waals surface area contributed by atoms with E-state index in [1.165, 1.54) is 36.5 Å². The number of nitrogens with zero attached hydrogens (tertiary/aromatic N) is 2. The van der Waals surface area contributed by atoms with Gasteiger partial charge in [0.15, 0.2) is 0 Å². The van der Waals surface area contributed by atoms with Crippen molar-refractivity contribution < 1.29 is 49.1 Å². The van der Waals surface area contributed by atoms with Crippen LogP contribution in [0.3, 0.4) is 0 Å². The summed E-state index contributed by atoms with van der Waals surface area (Å²) in [5.41, 5.74) is -2.14. The second-order valence-electron chi connectivity index (χ2n) is 10.5. The van der Waals surface area contributed by atoms with Gasteiger partial charge < -0.3 is 9.47 Å². The molecule has 0 fully saturated rings. The quantitative estimate of drug-likeness (QED) is 0.378. The molecule has 17 heteroatoms. The van der Waals surface area contributed by atoms with Crippen LogP contribution in [0, 0.1) is 0 Å². The molecule has 12 nitrogen and oxygen atoms in total. The van der Waals surface area contributed by atoms with E-state index in [9.17, 15) is 39.6 Å². The van der Waals surface area contributed by atoms with Gasteiger partial charge in [-0.15, -0.1) is 0 Å². The molecule has 2 aromatic carbocycles. The zero-order valence-electron chi connectivity index (χ0n) is 23.5. The van der Waals surface area contributed by atoms with Gasteiger partial charge in [-0.3, -0.25) is 19.4 Å². The normalized spacial score (nSPS) is 15.5. The molecule has 1 aliphatic rings. The number of anilines is 2. The zero-order chi connectivity index (χ0) is 32.5. The Labute approximate surface area is 251 Å². The molecular formula is C27H27F3N4O8S2. The van der Waals surface area contributed by atoms with Gasteiger partial charge in [0, 0.05) is 18.1 Å². The van der Waals surface area contributed by atoms with Crippen molar-refractivity contribution in [3.63, 3.8) is 0 Å². The summed E-state index contributed by atoms with van der Waals surface area (Å²) >= 11 is 0. The Hall–Kier alpha value is -4.38. The second kappa shape index (κ2) is 12.0. The number of nitrogens with one attached hydrogen (secondary N) is 2. The van der Waals surface area contributed by atoms with Crippen molar-refractivity contribution >= 4 is 43.4 Å². The van der Waals surface area contributed by atoms with Crippen molar-refractivity contribution in [2.75, 3.05) is 16.2 Å². The first-order valence-corrected chi connectivity index (χ1v) is 15.7. The lowest BCUT2D eigenvalue weighted by molar-refractivity contribution is -0.137. The SMILES string of the molecule is CC(C)(C)OC(=O)Nc1ccc2c(c1)N(S(=O)(=O)c1cccc(C(F)(F)F)c1)C[C@H](CC(=O)NS(=O)(=O)c1cccnc1)O2. The van der Waals surface area contributed by atoms with E-state index >= 15 is 0 Å². The smallest absolute Gasteiger partial charge is 0.416 e. The topological polar surface area (TPSA) is 161 Å². The van der Waals surface area contributed by atoms with E-state index in [2.05, 4.69) is 10.3 Å². The predicted octanol–water partition coefficient (Wildman–Crippen LogP) is 4.30. The Kier molecular flexibility index (Phi) is 8.84. The number of hydrogen-bond donors (Lipinski definition) is 2. The molecule has 2 N–H and O–H groups in total. The van der Waals surface area contributed by atoms with Gasteiger partial charge in [-0.05, 0) is 69.3 Å². The molecule has 0 bridgehead atoms. The second-order valence-corrected chi connectivity index (χ2v) is 14.1. The van der Waals surface area contributed by atoms with E-state index < -0.39 is 73.4 Å². The Morgan fingerprint density at radius 1 is 1.02 bits per heavy atom. The maximum absolute atomic E-state index is 13.8. The van der Waals surface area contributed by atoms with E-state index in [-0.39, 0.29) is 22.0 Å². The summed E-state index contributed by atoms with van der Waals surface area (Å²) in [5, 5.41) is 2.45. The maximum Gasteiger partial charge on any atom is 0.416 e. The van der Waals surface area contributed by atoms with E-state index in [0.29, 0.717) is 12.1 Å². The Morgan fingerprint density at radius 3 is 2.36 bits per heavy atom. The third kappa shape index (κ3) is 7.76. The van der Waals surface area contributed by atoms with Crippen LogP contribution in [0.2, 0.25) is 0 Å². The van der Waals surface area contributed by atoms with E-state index in [1.54, 1.807) is 20.8 Å². The first-order chi connectivity index (χ1) is 20.3. The van der Waals surface area contributed by atoms with Gasteiger partial charge in [-0.2, -0.15) is 13.2 Å². The number of benzene rings is 2. The van der Waals surface area contributed by atoms with Crippen molar-refractivity contribution in [2.24, 2.45) is 0 Å². The van der Waals surface area contributed by atoms with Gasteiger partial charge in [0.1, 0.15) is 22.4 Å². The monoisotopic (exact) mass is 656 g/mol. The third-order valence-corrected chi connectivity index (χ3v) is 9.03. The van der Waals surface area contributed by atoms with Gasteiger partial charge >= 0.3 is 12.3 Å². The summed E-state index contributed by atoms with van der Waals surface area (Å²) in [6.45, 7) is 4.31. The molecule has 1 aromatic heterocycles. The molecule has 2 heterocycles. The number of rotatable bonds is 7. The summed E-state index contributed by atoms with van der Waals surface area (Å²) < 4.78 is 107. The summed E-state index contributed by atoms with van der Waals surface area (Å²) in [6, 6.07) is 9.51. The molecule has 0 spiro atoms. The third-order valence-electron chi connectivity index (χ3n) is 5.89. The minimum Gasteiger partial charge on any atom is -0.486 e. The molecular weight excluding hydrogens is 629 g/mol. The van der Waals surface area contributed by atoms with Crippen molar-refractivity contribution in [2.45, 2.75) is 54.9 Å². The van der Waals surface area contributed by atoms with Crippen LogP contribution in [0.15, 0.2) is 76.8 Å². The predicted molar refractivity (Wildman–Crippen MR) is 151 cm³/mol. The number of alkyl halides is 3. The molecule has 0 radical (unpaired) electrons. The highest BCUT2D eigenvalue weighted by Crippen LogP contribution is 2.40. The number of fused-ring (bicyclic) bond motifs is 1. The molecule has 0 saturated carbocycles. The number of halogens is 3. The lowest BCUT2D eigenvalue weighted by Gasteiger charge is -2.35. The number of pyridine rings is 1. The molecule has 1 atom stereocenters. The lowest BCUT2D eigenvalue weighted by Crippen LogP contribution is -2.46. The van der Waals surface area contributed by atoms with Crippen molar-refractivity contribution in [1.29, 1.82) is 0 Å². The first-order valence-electron chi connectivity index (χ1n) is 12.8. The average molecular weight is 657 g/mol. The Bertz CT molecular complexity index is 1780. The zero-order valence-corrected chi connectivity index (χ0v) is 25.1. The Morgan fingerprint density at radius 2 is 1.73 bits per heavy atom. The van der Waals surface area contributed by atoms with Crippen LogP contribution in [0.25, 0.3) is 0 Å². The summed E-state index contributed by atoms with van der Waals surface area (Å²) in [5.74, 6) is -1.14. The van der Waals surface area contributed by atoms with Crippen molar-refractivity contribution in [3.05, 3.63) is 72.6 Å². The molecule has 0 saturated heterocycles. The summed E-state index contributed by atoms with van der Waals surface area (Å²) in [4.78, 5) is 27.8. The van der Waals surface area contributed by atoms with Gasteiger partial charge in [0.25, 0.3) is 20.0 Å². The molecule has 1 aliphatic heterocycles. The molecule has 4 rings (SSSR count). The van der Waals surface area contributed by atoms with E-state index in [0.717, 1.165) is 22.6 Å². The fourth-order valence-electron chi connectivity index (χ4n) is 4.07. The molecule has 0 unspecified atom stereocenters. The van der Waals surface area contributed by atoms with Gasteiger partial charge in [0.2, 0.25) is 5.91 Å². The lowest BCUT2D eigenvalue weighted by atomic mass is 10.1. The molecule has 3 aromatic rings. The minimum atomic E-state index is -4.83. The number of aromatic nitrogens is 1. The fourth-order valence-corrected chi connectivity index (χ4v) is 6.57. The van der Waals surface area contributed by atoms with Gasteiger partial charge in [-0.1, -0.05) is 6.07 Å². The first kappa shape index (κ1) is 32.5. The fraction of sp³-hybridized carbons (Fsp3) is 0.296. The van der Waals surface area contributed by atoms with Crippen LogP contribution < -0.4 is 19.1 Å². The summed E-state index contributed by atoms with van der Waals surface area (Å²) in [6.07, 6.45) is -5.25. The van der Waals surface area contributed by atoms with E-state index in [4.69, 9.17) is 9.47 Å². The maximum atomic E-state index is 13.8. The van der Waals surface area contributed by atoms with Crippen LogP contribution in [0.4, 0.5) is 29.3 Å². The highest BCUT2D eigenvalue weighted by atomic mass is 32.2. The standard InChI is InChI=1S/C27H27F3N4O8S2/c1-26(2,3)42-25(36)32-18-9-10-23-22(13-18)34(44(39,40)20-7-4-6-17(12-20)27(28,29)30)16-19(41-23)14-24(35)33-43(37,38)21-8-5-11-31-15-21/h4-13,15,19H,14,16H2,1-3H3,(H,32,36)(H,33,35)/t19-/m0/s1. The molecule has 2 amide bonds. The minimum absolute atomic E-state index is 0.0737. The van der Waals surface area contributed by atoms with Crippen LogP contribution in [0.5, 0.6) is 5.75 Å². The number of hydrogen-bond acceptors (Lipinski definition) is 9. The van der Waals surface area contributed by atoms with Crippen LogP contribution in [-0.4, -0.2) is 52.1 Å². The van der Waals surface area contributed by atoms with Crippen molar-refractivity contribution in [1.82, 2.24) is 9.71 Å². The number of carbonyl (C=O) groups is 2. The number of ether oxygens (including phenoxy) is 2. The van der Waals surface area contributed by atoms with Crippen LogP contribution in [0.1, 0.15) is 32.8 Å². The Balaban J connectivity index is 1.68. The van der Waals surface area contributed by atoms with E-state index in [1.807, 2.05) is 4.72 Å². The largest absolute Gasteiger partial charge is 0.486 e. The molecule has 44 heavy (non-hydrogen) atoms.